The van der Waals surface area contributed by atoms with E-state index >= 15 is 0 Å². The number of rotatable bonds is 4. The molecule has 2 heterocycles. The topological polar surface area (TPSA) is 63.6 Å². The number of hydrogen-bond acceptors (Lipinski definition) is 5. The Morgan fingerprint density at radius 3 is 2.67 bits per heavy atom. The Balaban J connectivity index is 2.41. The van der Waals surface area contributed by atoms with Crippen molar-refractivity contribution in [2.45, 2.75) is 20.3 Å². The summed E-state index contributed by atoms with van der Waals surface area (Å²) in [6.45, 7) is 4.34. The van der Waals surface area contributed by atoms with Gasteiger partial charge in [-0.15, -0.1) is 0 Å². The maximum absolute atomic E-state index is 4.54. The highest BCUT2D eigenvalue weighted by molar-refractivity contribution is 5.51. The predicted octanol–water partition coefficient (Wildman–Crippen LogP) is 2.17. The third-order valence-electron chi connectivity index (χ3n) is 2.44. The third kappa shape index (κ3) is 3.00. The van der Waals surface area contributed by atoms with E-state index in [1.807, 2.05) is 13.1 Å². The first-order valence-electron chi connectivity index (χ1n) is 6.01. The van der Waals surface area contributed by atoms with E-state index in [2.05, 4.69) is 39.1 Å². The molecule has 1 N–H and O–H groups in total. The standard InChI is InChI=1S/C13H17N5/c1-9(2)6-10-7-12(14-3)18-13(17-10)11-8-15-4-5-16-11/h4-5,7-9H,6H2,1-3H3,(H,14,17,18). The number of nitrogens with zero attached hydrogens (tertiary/aromatic N) is 4. The highest BCUT2D eigenvalue weighted by Crippen LogP contribution is 2.16. The first-order chi connectivity index (χ1) is 8.69. The van der Waals surface area contributed by atoms with Gasteiger partial charge < -0.3 is 5.32 Å². The van der Waals surface area contributed by atoms with Gasteiger partial charge in [0.15, 0.2) is 5.82 Å². The van der Waals surface area contributed by atoms with E-state index in [4.69, 9.17) is 0 Å². The number of nitrogens with one attached hydrogen (secondary N) is 1. The molecule has 0 unspecified atom stereocenters. The summed E-state index contributed by atoms with van der Waals surface area (Å²) < 4.78 is 0. The smallest absolute Gasteiger partial charge is 0.182 e. The molecule has 0 atom stereocenters. The molecule has 0 spiro atoms. The highest BCUT2D eigenvalue weighted by atomic mass is 15.0. The molecule has 0 radical (unpaired) electrons. The van der Waals surface area contributed by atoms with Gasteiger partial charge >= 0.3 is 0 Å². The number of anilines is 1. The Morgan fingerprint density at radius 2 is 2.06 bits per heavy atom. The second-order valence-electron chi connectivity index (χ2n) is 4.51. The summed E-state index contributed by atoms with van der Waals surface area (Å²) in [5.41, 5.74) is 1.71. The van der Waals surface area contributed by atoms with Crippen molar-refractivity contribution in [3.8, 4) is 11.5 Å². The van der Waals surface area contributed by atoms with Crippen LogP contribution in [0.25, 0.3) is 11.5 Å². The fourth-order valence-electron chi connectivity index (χ4n) is 1.68. The molecule has 0 bridgehead atoms. The van der Waals surface area contributed by atoms with Crippen LogP contribution in [-0.4, -0.2) is 27.0 Å². The van der Waals surface area contributed by atoms with Crippen LogP contribution in [0.15, 0.2) is 24.7 Å². The van der Waals surface area contributed by atoms with Gasteiger partial charge in [0.2, 0.25) is 0 Å². The Labute approximate surface area is 107 Å². The molecule has 2 rings (SSSR count). The number of hydrogen-bond donors (Lipinski definition) is 1. The summed E-state index contributed by atoms with van der Waals surface area (Å²) in [5.74, 6) is 1.98. The molecule has 2 aromatic rings. The van der Waals surface area contributed by atoms with Crippen molar-refractivity contribution in [2.75, 3.05) is 12.4 Å². The zero-order valence-corrected chi connectivity index (χ0v) is 10.9. The van der Waals surface area contributed by atoms with Crippen molar-refractivity contribution in [1.82, 2.24) is 19.9 Å². The first kappa shape index (κ1) is 12.4. The normalized spacial score (nSPS) is 10.7. The van der Waals surface area contributed by atoms with Gasteiger partial charge in [-0.1, -0.05) is 13.8 Å². The minimum absolute atomic E-state index is 0.555. The largest absolute Gasteiger partial charge is 0.373 e. The molecule has 0 aliphatic carbocycles. The van der Waals surface area contributed by atoms with Crippen molar-refractivity contribution in [3.05, 3.63) is 30.4 Å². The van der Waals surface area contributed by atoms with Gasteiger partial charge in [0.1, 0.15) is 11.5 Å². The zero-order valence-electron chi connectivity index (χ0n) is 10.9. The lowest BCUT2D eigenvalue weighted by molar-refractivity contribution is 0.634. The van der Waals surface area contributed by atoms with Crippen LogP contribution in [0.1, 0.15) is 19.5 Å². The minimum atomic E-state index is 0.555. The molecular weight excluding hydrogens is 226 g/mol. The molecule has 2 aromatic heterocycles. The minimum Gasteiger partial charge on any atom is -0.373 e. The van der Waals surface area contributed by atoms with Crippen LogP contribution in [-0.2, 0) is 6.42 Å². The zero-order chi connectivity index (χ0) is 13.0. The molecular formula is C13H17N5. The quantitative estimate of drug-likeness (QED) is 0.891. The van der Waals surface area contributed by atoms with Crippen molar-refractivity contribution in [2.24, 2.45) is 5.92 Å². The van der Waals surface area contributed by atoms with Crippen molar-refractivity contribution >= 4 is 5.82 Å². The molecule has 5 nitrogen and oxygen atoms in total. The van der Waals surface area contributed by atoms with E-state index in [9.17, 15) is 0 Å². The van der Waals surface area contributed by atoms with Crippen molar-refractivity contribution < 1.29 is 0 Å². The lowest BCUT2D eigenvalue weighted by Crippen LogP contribution is -2.04. The lowest BCUT2D eigenvalue weighted by atomic mass is 10.1. The van der Waals surface area contributed by atoms with Crippen molar-refractivity contribution in [1.29, 1.82) is 0 Å². The Hall–Kier alpha value is -2.04. The average Bonchev–Trinajstić information content (AvgIpc) is 2.38. The lowest BCUT2D eigenvalue weighted by Gasteiger charge is -2.08. The van der Waals surface area contributed by atoms with Gasteiger partial charge in [0.05, 0.1) is 6.20 Å². The fourth-order valence-corrected chi connectivity index (χ4v) is 1.68. The molecule has 0 aliphatic heterocycles. The van der Waals surface area contributed by atoms with Crippen LogP contribution in [0.2, 0.25) is 0 Å². The van der Waals surface area contributed by atoms with Gasteiger partial charge in [-0.3, -0.25) is 4.98 Å². The average molecular weight is 243 g/mol. The van der Waals surface area contributed by atoms with Crippen molar-refractivity contribution in [3.63, 3.8) is 0 Å². The Bertz CT molecular complexity index is 510. The molecule has 5 heteroatoms. The molecule has 94 valence electrons. The van der Waals surface area contributed by atoms with E-state index in [0.717, 1.165) is 17.9 Å². The predicted molar refractivity (Wildman–Crippen MR) is 71.1 cm³/mol. The molecule has 0 saturated carbocycles. The molecule has 0 amide bonds. The van der Waals surface area contributed by atoms with E-state index in [1.54, 1.807) is 18.6 Å². The van der Waals surface area contributed by atoms with Crippen LogP contribution in [0, 0.1) is 5.92 Å². The monoisotopic (exact) mass is 243 g/mol. The molecule has 0 aromatic carbocycles. The first-order valence-corrected chi connectivity index (χ1v) is 6.01. The summed E-state index contributed by atoms with van der Waals surface area (Å²) in [4.78, 5) is 17.2. The van der Waals surface area contributed by atoms with E-state index < -0.39 is 0 Å². The van der Waals surface area contributed by atoms with Gasteiger partial charge in [0, 0.05) is 31.2 Å². The Morgan fingerprint density at radius 1 is 1.22 bits per heavy atom. The van der Waals surface area contributed by atoms with Gasteiger partial charge in [0.25, 0.3) is 0 Å². The molecule has 0 saturated heterocycles. The van der Waals surface area contributed by atoms with Crippen LogP contribution in [0.4, 0.5) is 5.82 Å². The maximum Gasteiger partial charge on any atom is 0.182 e. The number of aromatic nitrogens is 4. The van der Waals surface area contributed by atoms with E-state index in [0.29, 0.717) is 17.4 Å². The van der Waals surface area contributed by atoms with Crippen LogP contribution >= 0.6 is 0 Å². The molecule has 0 fully saturated rings. The summed E-state index contributed by atoms with van der Waals surface area (Å²) in [7, 11) is 1.85. The molecule has 0 aliphatic rings. The molecule has 18 heavy (non-hydrogen) atoms. The van der Waals surface area contributed by atoms with Crippen LogP contribution in [0.3, 0.4) is 0 Å². The van der Waals surface area contributed by atoms with Gasteiger partial charge in [-0.05, 0) is 12.3 Å². The van der Waals surface area contributed by atoms with E-state index in [1.165, 1.54) is 0 Å². The summed E-state index contributed by atoms with van der Waals surface area (Å²) >= 11 is 0. The third-order valence-corrected chi connectivity index (χ3v) is 2.44. The fraction of sp³-hybridized carbons (Fsp3) is 0.385. The van der Waals surface area contributed by atoms with Crippen LogP contribution < -0.4 is 5.32 Å². The summed E-state index contributed by atoms with van der Waals surface area (Å²) in [5, 5.41) is 3.05. The SMILES string of the molecule is CNc1cc(CC(C)C)nc(-c2cnccn2)n1. The summed E-state index contributed by atoms with van der Waals surface area (Å²) in [6.07, 6.45) is 5.88. The van der Waals surface area contributed by atoms with Gasteiger partial charge in [-0.2, -0.15) is 0 Å². The Kier molecular flexibility index (Phi) is 3.82. The van der Waals surface area contributed by atoms with Crippen LogP contribution in [0.5, 0.6) is 0 Å². The highest BCUT2D eigenvalue weighted by Gasteiger charge is 2.08. The van der Waals surface area contributed by atoms with Gasteiger partial charge in [-0.25, -0.2) is 15.0 Å². The summed E-state index contributed by atoms with van der Waals surface area (Å²) in [6, 6.07) is 1.97. The van der Waals surface area contributed by atoms with E-state index in [-0.39, 0.29) is 0 Å². The second-order valence-corrected chi connectivity index (χ2v) is 4.51. The maximum atomic E-state index is 4.54. The second kappa shape index (κ2) is 5.53.